The van der Waals surface area contributed by atoms with Gasteiger partial charge in [0.2, 0.25) is 0 Å². The standard InChI is InChI=1S/C18H12N2O4S.ClH/c1-10(21)24-16-11(5-4-6-12(16)17(22)23)13-9-20-14-7-2-3-8-15(14)25-18(20)19-13;/h2-9H,1H3,(H,22,23);1H. The Bertz CT molecular complexity index is 1150. The lowest BCUT2D eigenvalue weighted by Gasteiger charge is -2.10. The molecule has 4 rings (SSSR count). The monoisotopic (exact) mass is 388 g/mol. The Morgan fingerprint density at radius 2 is 1.92 bits per heavy atom. The Hall–Kier alpha value is -2.90. The number of thiazole rings is 1. The summed E-state index contributed by atoms with van der Waals surface area (Å²) in [4.78, 5) is 28.3. The highest BCUT2D eigenvalue weighted by Crippen LogP contribution is 2.35. The summed E-state index contributed by atoms with van der Waals surface area (Å²) in [5.74, 6) is -1.73. The molecule has 26 heavy (non-hydrogen) atoms. The van der Waals surface area contributed by atoms with Crippen molar-refractivity contribution < 1.29 is 19.4 Å². The number of carboxylic acids is 1. The summed E-state index contributed by atoms with van der Waals surface area (Å²) in [6.07, 6.45) is 1.82. The largest absolute Gasteiger partial charge is 0.478 e. The van der Waals surface area contributed by atoms with E-state index in [0.717, 1.165) is 15.2 Å². The van der Waals surface area contributed by atoms with E-state index in [4.69, 9.17) is 4.74 Å². The van der Waals surface area contributed by atoms with Crippen LogP contribution in [0.5, 0.6) is 5.75 Å². The molecule has 0 saturated heterocycles. The number of para-hydroxylation sites is 2. The first kappa shape index (κ1) is 17.9. The summed E-state index contributed by atoms with van der Waals surface area (Å²) < 4.78 is 8.24. The Balaban J connectivity index is 0.00000196. The van der Waals surface area contributed by atoms with Gasteiger partial charge in [0.05, 0.1) is 15.9 Å². The SMILES string of the molecule is CC(=O)Oc1c(C(=O)O)cccc1-c1cn2c(n1)sc1ccccc12.Cl. The van der Waals surface area contributed by atoms with E-state index in [1.54, 1.807) is 12.1 Å². The minimum Gasteiger partial charge on any atom is -0.478 e. The Labute approximate surface area is 158 Å². The molecule has 0 amide bonds. The Morgan fingerprint density at radius 1 is 1.15 bits per heavy atom. The number of carbonyl (C=O) groups is 2. The van der Waals surface area contributed by atoms with Gasteiger partial charge in [0.15, 0.2) is 10.7 Å². The average Bonchev–Trinajstić information content (AvgIpc) is 3.12. The number of esters is 1. The van der Waals surface area contributed by atoms with Crippen LogP contribution in [0.25, 0.3) is 26.4 Å². The van der Waals surface area contributed by atoms with Gasteiger partial charge in [-0.1, -0.05) is 29.5 Å². The number of rotatable bonds is 3. The van der Waals surface area contributed by atoms with Gasteiger partial charge in [0, 0.05) is 18.7 Å². The number of ether oxygens (including phenoxy) is 1. The average molecular weight is 389 g/mol. The lowest BCUT2D eigenvalue weighted by molar-refractivity contribution is -0.131. The van der Waals surface area contributed by atoms with Crippen molar-refractivity contribution in [2.75, 3.05) is 0 Å². The number of aromatic nitrogens is 2. The summed E-state index contributed by atoms with van der Waals surface area (Å²) in [5.41, 5.74) is 1.96. The van der Waals surface area contributed by atoms with E-state index in [-0.39, 0.29) is 23.7 Å². The molecular weight excluding hydrogens is 376 g/mol. The van der Waals surface area contributed by atoms with Gasteiger partial charge in [0.25, 0.3) is 0 Å². The number of imidazole rings is 1. The van der Waals surface area contributed by atoms with Crippen LogP contribution >= 0.6 is 23.7 Å². The van der Waals surface area contributed by atoms with E-state index in [2.05, 4.69) is 4.98 Å². The van der Waals surface area contributed by atoms with Gasteiger partial charge in [-0.2, -0.15) is 0 Å². The van der Waals surface area contributed by atoms with Crippen molar-refractivity contribution in [2.45, 2.75) is 6.92 Å². The molecule has 8 heteroatoms. The predicted molar refractivity (Wildman–Crippen MR) is 102 cm³/mol. The molecule has 4 aromatic rings. The van der Waals surface area contributed by atoms with E-state index in [9.17, 15) is 14.7 Å². The second-order valence-electron chi connectivity index (χ2n) is 5.43. The Kier molecular flexibility index (Phi) is 4.67. The zero-order chi connectivity index (χ0) is 17.6. The highest BCUT2D eigenvalue weighted by molar-refractivity contribution is 7.23. The van der Waals surface area contributed by atoms with Gasteiger partial charge in [0.1, 0.15) is 5.56 Å². The van der Waals surface area contributed by atoms with E-state index in [1.165, 1.54) is 24.3 Å². The van der Waals surface area contributed by atoms with Crippen LogP contribution in [0.2, 0.25) is 0 Å². The number of benzene rings is 2. The molecule has 0 aliphatic heterocycles. The molecule has 0 aliphatic carbocycles. The highest BCUT2D eigenvalue weighted by Gasteiger charge is 2.20. The van der Waals surface area contributed by atoms with Crippen LogP contribution in [0.4, 0.5) is 0 Å². The van der Waals surface area contributed by atoms with Gasteiger partial charge < -0.3 is 9.84 Å². The smallest absolute Gasteiger partial charge is 0.339 e. The normalized spacial score (nSPS) is 10.7. The molecule has 0 bridgehead atoms. The third-order valence-electron chi connectivity index (χ3n) is 3.77. The van der Waals surface area contributed by atoms with E-state index < -0.39 is 11.9 Å². The molecule has 0 spiro atoms. The molecule has 6 nitrogen and oxygen atoms in total. The van der Waals surface area contributed by atoms with Crippen LogP contribution in [-0.2, 0) is 4.79 Å². The third kappa shape index (κ3) is 2.91. The zero-order valence-corrected chi connectivity index (χ0v) is 15.1. The molecule has 2 aromatic heterocycles. The molecular formula is C18H13ClN2O4S. The molecule has 2 heterocycles. The topological polar surface area (TPSA) is 80.9 Å². The molecule has 0 fully saturated rings. The summed E-state index contributed by atoms with van der Waals surface area (Å²) in [7, 11) is 0. The maximum absolute atomic E-state index is 11.5. The summed E-state index contributed by atoms with van der Waals surface area (Å²) in [6.45, 7) is 1.24. The number of fused-ring (bicyclic) bond motifs is 3. The second kappa shape index (κ2) is 6.78. The predicted octanol–water partition coefficient (Wildman–Crippen LogP) is 4.26. The Morgan fingerprint density at radius 3 is 2.65 bits per heavy atom. The summed E-state index contributed by atoms with van der Waals surface area (Å²) in [6, 6.07) is 12.6. The van der Waals surface area contributed by atoms with Crippen molar-refractivity contribution in [1.82, 2.24) is 9.38 Å². The molecule has 0 atom stereocenters. The van der Waals surface area contributed by atoms with Crippen LogP contribution in [0, 0.1) is 0 Å². The fourth-order valence-electron chi connectivity index (χ4n) is 2.74. The number of aromatic carboxylic acids is 1. The summed E-state index contributed by atoms with van der Waals surface area (Å²) in [5, 5.41) is 9.38. The van der Waals surface area contributed by atoms with Crippen LogP contribution < -0.4 is 4.74 Å². The molecule has 1 N–H and O–H groups in total. The third-order valence-corrected chi connectivity index (χ3v) is 4.80. The quantitative estimate of drug-likeness (QED) is 0.419. The minimum absolute atomic E-state index is 0. The fourth-order valence-corrected chi connectivity index (χ4v) is 3.75. The maximum atomic E-state index is 11.5. The number of hydrogen-bond acceptors (Lipinski definition) is 5. The van der Waals surface area contributed by atoms with Gasteiger partial charge in [-0.25, -0.2) is 9.78 Å². The number of carboxylic acid groups (broad SMARTS) is 1. The number of hydrogen-bond donors (Lipinski definition) is 1. The first-order valence-corrected chi connectivity index (χ1v) is 8.28. The molecule has 2 aromatic carbocycles. The number of halogens is 1. The van der Waals surface area contributed by atoms with Crippen LogP contribution in [0.3, 0.4) is 0 Å². The number of carbonyl (C=O) groups excluding carboxylic acids is 1. The van der Waals surface area contributed by atoms with E-state index in [0.29, 0.717) is 11.3 Å². The minimum atomic E-state index is -1.16. The van der Waals surface area contributed by atoms with Crippen molar-refractivity contribution in [1.29, 1.82) is 0 Å². The second-order valence-corrected chi connectivity index (χ2v) is 6.44. The molecule has 0 saturated carbocycles. The first-order valence-electron chi connectivity index (χ1n) is 7.46. The zero-order valence-electron chi connectivity index (χ0n) is 13.5. The van der Waals surface area contributed by atoms with Gasteiger partial charge >= 0.3 is 11.9 Å². The van der Waals surface area contributed by atoms with Gasteiger partial charge in [-0.3, -0.25) is 9.20 Å². The molecule has 0 unspecified atom stereocenters. The number of nitrogens with zero attached hydrogens (tertiary/aromatic N) is 2. The summed E-state index contributed by atoms with van der Waals surface area (Å²) >= 11 is 1.54. The lowest BCUT2D eigenvalue weighted by Crippen LogP contribution is -2.08. The van der Waals surface area contributed by atoms with Gasteiger partial charge in [-0.15, -0.1) is 12.4 Å². The van der Waals surface area contributed by atoms with Crippen LogP contribution in [-0.4, -0.2) is 26.4 Å². The van der Waals surface area contributed by atoms with Crippen molar-refractivity contribution in [3.8, 4) is 17.0 Å². The molecule has 0 radical (unpaired) electrons. The van der Waals surface area contributed by atoms with Crippen molar-refractivity contribution in [2.24, 2.45) is 0 Å². The first-order chi connectivity index (χ1) is 12.0. The molecule has 132 valence electrons. The highest BCUT2D eigenvalue weighted by atomic mass is 35.5. The van der Waals surface area contributed by atoms with Crippen LogP contribution in [0.1, 0.15) is 17.3 Å². The van der Waals surface area contributed by atoms with Gasteiger partial charge in [-0.05, 0) is 24.3 Å². The van der Waals surface area contributed by atoms with Crippen LogP contribution in [0.15, 0.2) is 48.7 Å². The van der Waals surface area contributed by atoms with E-state index in [1.807, 2.05) is 34.9 Å². The fraction of sp³-hybridized carbons (Fsp3) is 0.0556. The van der Waals surface area contributed by atoms with E-state index >= 15 is 0 Å². The maximum Gasteiger partial charge on any atom is 0.339 e. The van der Waals surface area contributed by atoms with Crippen molar-refractivity contribution >= 4 is 50.9 Å². The van der Waals surface area contributed by atoms with Crippen molar-refractivity contribution in [3.63, 3.8) is 0 Å². The lowest BCUT2D eigenvalue weighted by atomic mass is 10.1. The molecule has 0 aliphatic rings. The van der Waals surface area contributed by atoms with Crippen molar-refractivity contribution in [3.05, 3.63) is 54.2 Å².